The third kappa shape index (κ3) is 5.06. The van der Waals surface area contributed by atoms with Crippen LogP contribution in [0.5, 0.6) is 0 Å². The van der Waals surface area contributed by atoms with Crippen molar-refractivity contribution in [2.24, 2.45) is 0 Å². The fourth-order valence-corrected chi connectivity index (χ4v) is 4.06. The van der Waals surface area contributed by atoms with E-state index in [0.29, 0.717) is 28.6 Å². The Morgan fingerprint density at radius 1 is 1.43 bits per heavy atom. The van der Waals surface area contributed by atoms with Gasteiger partial charge in [-0.25, -0.2) is 0 Å². The van der Waals surface area contributed by atoms with Crippen LogP contribution in [-0.2, 0) is 4.79 Å². The van der Waals surface area contributed by atoms with Crippen LogP contribution < -0.4 is 11.1 Å². The number of nitrogen functional groups attached to an aromatic ring is 1. The van der Waals surface area contributed by atoms with Gasteiger partial charge >= 0.3 is 0 Å². The van der Waals surface area contributed by atoms with E-state index in [-0.39, 0.29) is 5.91 Å². The number of amides is 1. The summed E-state index contributed by atoms with van der Waals surface area (Å²) < 4.78 is 1.80. The molecule has 2 aromatic rings. The minimum absolute atomic E-state index is 0.0915. The second-order valence-corrected chi connectivity index (χ2v) is 7.73. The number of nitrogens with two attached hydrogens (primary N) is 1. The molecule has 112 valence electrons. The number of carbonyl (C=O) groups is 1. The van der Waals surface area contributed by atoms with E-state index in [9.17, 15) is 4.79 Å². The summed E-state index contributed by atoms with van der Waals surface area (Å²) >= 11 is 10.4. The summed E-state index contributed by atoms with van der Waals surface area (Å²) in [5.41, 5.74) is 6.82. The van der Waals surface area contributed by atoms with E-state index in [2.05, 4.69) is 15.5 Å². The first-order valence-corrected chi connectivity index (χ1v) is 9.34. The number of hydrogen-bond acceptors (Lipinski definition) is 7. The number of nitrogens with one attached hydrogen (secondary N) is 1. The Balaban J connectivity index is 1.79. The van der Waals surface area contributed by atoms with Crippen molar-refractivity contribution in [3.8, 4) is 0 Å². The molecule has 0 fully saturated rings. The molecule has 0 atom stereocenters. The lowest BCUT2D eigenvalue weighted by Crippen LogP contribution is -2.13. The summed E-state index contributed by atoms with van der Waals surface area (Å²) in [5.74, 6) is 0.550. The smallest absolute Gasteiger partial charge is 0.225 e. The summed E-state index contributed by atoms with van der Waals surface area (Å²) in [7, 11) is 0. The fourth-order valence-electron chi connectivity index (χ4n) is 1.43. The minimum Gasteiger partial charge on any atom is -0.397 e. The number of nitrogens with zero attached hydrogens (tertiary/aromatic N) is 2. The molecule has 0 saturated heterocycles. The molecule has 0 unspecified atom stereocenters. The molecular formula is C12H13ClN4OS3. The standard InChI is InChI=1S/C12H13ClN4OS3/c1-19-11-16-17-12(21-11)20-5-4-10(18)15-9-3-2-7(13)6-8(9)14/h2-3,6H,4-5,14H2,1H3,(H,15,18). The average Bonchev–Trinajstić information content (AvgIpc) is 2.90. The predicted octanol–water partition coefficient (Wildman–Crippen LogP) is 3.62. The molecule has 0 aliphatic heterocycles. The van der Waals surface area contributed by atoms with E-state index in [1.807, 2.05) is 6.26 Å². The number of anilines is 2. The molecule has 21 heavy (non-hydrogen) atoms. The van der Waals surface area contributed by atoms with Crippen LogP contribution in [0.15, 0.2) is 26.9 Å². The number of aromatic nitrogens is 2. The van der Waals surface area contributed by atoms with Crippen molar-refractivity contribution in [3.05, 3.63) is 23.2 Å². The van der Waals surface area contributed by atoms with Gasteiger partial charge in [0.25, 0.3) is 0 Å². The molecule has 2 rings (SSSR count). The molecule has 0 aliphatic rings. The number of hydrogen-bond donors (Lipinski definition) is 2. The van der Waals surface area contributed by atoms with Crippen molar-refractivity contribution in [1.29, 1.82) is 0 Å². The van der Waals surface area contributed by atoms with Crippen LogP contribution in [-0.4, -0.2) is 28.1 Å². The summed E-state index contributed by atoms with van der Waals surface area (Å²) in [4.78, 5) is 11.9. The zero-order valence-corrected chi connectivity index (χ0v) is 14.3. The molecule has 0 aliphatic carbocycles. The molecular weight excluding hydrogens is 348 g/mol. The lowest BCUT2D eigenvalue weighted by Gasteiger charge is -2.07. The van der Waals surface area contributed by atoms with Crippen molar-refractivity contribution in [2.45, 2.75) is 15.1 Å². The van der Waals surface area contributed by atoms with Crippen LogP contribution in [0.4, 0.5) is 11.4 Å². The molecule has 5 nitrogen and oxygen atoms in total. The van der Waals surface area contributed by atoms with Gasteiger partial charge in [0.05, 0.1) is 11.4 Å². The molecule has 1 aromatic heterocycles. The van der Waals surface area contributed by atoms with Gasteiger partial charge in [0.2, 0.25) is 5.91 Å². The summed E-state index contributed by atoms with van der Waals surface area (Å²) in [6.45, 7) is 0. The molecule has 3 N–H and O–H groups in total. The van der Waals surface area contributed by atoms with E-state index < -0.39 is 0 Å². The molecule has 0 bridgehead atoms. The van der Waals surface area contributed by atoms with Crippen molar-refractivity contribution in [3.63, 3.8) is 0 Å². The molecule has 0 saturated carbocycles. The van der Waals surface area contributed by atoms with E-state index in [1.165, 1.54) is 23.1 Å². The van der Waals surface area contributed by atoms with E-state index in [0.717, 1.165) is 8.68 Å². The van der Waals surface area contributed by atoms with Gasteiger partial charge in [0.15, 0.2) is 8.68 Å². The Hall–Kier alpha value is -0.960. The maximum absolute atomic E-state index is 11.9. The number of carbonyl (C=O) groups excluding carboxylic acids is 1. The lowest BCUT2D eigenvalue weighted by molar-refractivity contribution is -0.115. The molecule has 0 spiro atoms. The molecule has 9 heteroatoms. The van der Waals surface area contributed by atoms with Crippen LogP contribution in [0.2, 0.25) is 5.02 Å². The first kappa shape index (κ1) is 16.4. The quantitative estimate of drug-likeness (QED) is 0.605. The van der Waals surface area contributed by atoms with Crippen molar-refractivity contribution >= 4 is 63.7 Å². The van der Waals surface area contributed by atoms with Crippen LogP contribution >= 0.6 is 46.5 Å². The Morgan fingerprint density at radius 3 is 2.86 bits per heavy atom. The van der Waals surface area contributed by atoms with E-state index in [4.69, 9.17) is 17.3 Å². The minimum atomic E-state index is -0.0915. The van der Waals surface area contributed by atoms with Crippen LogP contribution in [0.25, 0.3) is 0 Å². The topological polar surface area (TPSA) is 80.9 Å². The van der Waals surface area contributed by atoms with Crippen LogP contribution in [0, 0.1) is 0 Å². The van der Waals surface area contributed by atoms with Crippen LogP contribution in [0.1, 0.15) is 6.42 Å². The first-order chi connectivity index (χ1) is 10.1. The normalized spacial score (nSPS) is 10.6. The number of rotatable bonds is 6. The molecule has 1 aromatic carbocycles. The van der Waals surface area contributed by atoms with Gasteiger partial charge in [-0.2, -0.15) is 0 Å². The van der Waals surface area contributed by atoms with Crippen molar-refractivity contribution in [2.75, 3.05) is 23.1 Å². The Labute approximate surface area is 140 Å². The lowest BCUT2D eigenvalue weighted by atomic mass is 10.2. The Morgan fingerprint density at radius 2 is 2.19 bits per heavy atom. The highest BCUT2D eigenvalue weighted by atomic mass is 35.5. The SMILES string of the molecule is CSc1nnc(SCCC(=O)Nc2ccc(Cl)cc2N)s1. The van der Waals surface area contributed by atoms with E-state index >= 15 is 0 Å². The van der Waals surface area contributed by atoms with Crippen LogP contribution in [0.3, 0.4) is 0 Å². The zero-order valence-electron chi connectivity index (χ0n) is 11.1. The fraction of sp³-hybridized carbons (Fsp3) is 0.250. The largest absolute Gasteiger partial charge is 0.397 e. The monoisotopic (exact) mass is 360 g/mol. The van der Waals surface area contributed by atoms with Gasteiger partial charge in [-0.05, 0) is 24.5 Å². The molecule has 1 heterocycles. The summed E-state index contributed by atoms with van der Waals surface area (Å²) in [6.07, 6.45) is 2.33. The third-order valence-electron chi connectivity index (χ3n) is 2.40. The Kier molecular flexibility index (Phi) is 6.16. The third-order valence-corrected chi connectivity index (χ3v) is 5.67. The number of thioether (sulfide) groups is 2. The second kappa shape index (κ2) is 7.88. The highest BCUT2D eigenvalue weighted by molar-refractivity contribution is 8.02. The first-order valence-electron chi connectivity index (χ1n) is 5.93. The summed E-state index contributed by atoms with van der Waals surface area (Å²) in [6, 6.07) is 4.99. The van der Waals surface area contributed by atoms with E-state index in [1.54, 1.807) is 30.0 Å². The van der Waals surface area contributed by atoms with Gasteiger partial charge in [-0.3, -0.25) is 4.79 Å². The molecule has 0 radical (unpaired) electrons. The second-order valence-electron chi connectivity index (χ2n) is 3.92. The average molecular weight is 361 g/mol. The van der Waals surface area contributed by atoms with Gasteiger partial charge < -0.3 is 11.1 Å². The maximum Gasteiger partial charge on any atom is 0.225 e. The Bertz CT molecular complexity index is 635. The predicted molar refractivity (Wildman–Crippen MR) is 91.5 cm³/mol. The van der Waals surface area contributed by atoms with Crippen molar-refractivity contribution in [1.82, 2.24) is 10.2 Å². The maximum atomic E-state index is 11.9. The number of halogens is 1. The van der Waals surface area contributed by atoms with Crippen molar-refractivity contribution < 1.29 is 4.79 Å². The van der Waals surface area contributed by atoms with Gasteiger partial charge in [-0.1, -0.05) is 46.5 Å². The molecule has 1 amide bonds. The highest BCUT2D eigenvalue weighted by Crippen LogP contribution is 2.28. The van der Waals surface area contributed by atoms with Gasteiger partial charge in [0.1, 0.15) is 0 Å². The summed E-state index contributed by atoms with van der Waals surface area (Å²) in [5, 5.41) is 11.3. The van der Waals surface area contributed by atoms with Gasteiger partial charge in [0, 0.05) is 17.2 Å². The highest BCUT2D eigenvalue weighted by Gasteiger charge is 2.08. The zero-order chi connectivity index (χ0) is 15.2. The van der Waals surface area contributed by atoms with Gasteiger partial charge in [-0.15, -0.1) is 10.2 Å². The number of benzene rings is 1.